The Balaban J connectivity index is 1.64. The molecule has 0 aliphatic carbocycles. The molecule has 0 aliphatic heterocycles. The lowest BCUT2D eigenvalue weighted by Gasteiger charge is -2.15. The molecular formula is C43H34N4S. The van der Waals surface area contributed by atoms with Gasteiger partial charge in [0.2, 0.25) is 5.95 Å². The highest BCUT2D eigenvalue weighted by Crippen LogP contribution is 2.46. The summed E-state index contributed by atoms with van der Waals surface area (Å²) < 4.78 is 4.80. The average molecular weight is 639 g/mol. The summed E-state index contributed by atoms with van der Waals surface area (Å²) in [6.45, 7) is 10.3. The van der Waals surface area contributed by atoms with Crippen LogP contribution in [0.5, 0.6) is 0 Å². The molecule has 3 heterocycles. The first kappa shape index (κ1) is 29.7. The molecule has 8 aromatic rings. The SMILES string of the molecule is C=C/C=C\C(=C/C)c1nc(-c2ccccc2)nc(-n2c3c(ccc4c5ccccc5sc43)c3c(/C=C\C)c(CC)c4ccccc4c32)n1. The molecule has 8 rings (SSSR count). The molecule has 0 fully saturated rings. The summed E-state index contributed by atoms with van der Waals surface area (Å²) in [5, 5.41) is 7.34. The molecule has 0 amide bonds. The Hall–Kier alpha value is -5.65. The summed E-state index contributed by atoms with van der Waals surface area (Å²) in [4.78, 5) is 15.6. The number of fused-ring (bicyclic) bond motifs is 9. The van der Waals surface area contributed by atoms with Gasteiger partial charge < -0.3 is 0 Å². The molecule has 3 aromatic heterocycles. The van der Waals surface area contributed by atoms with Crippen molar-refractivity contribution >= 4 is 75.7 Å². The van der Waals surface area contributed by atoms with Gasteiger partial charge in [-0.1, -0.05) is 135 Å². The van der Waals surface area contributed by atoms with Crippen LogP contribution in [-0.4, -0.2) is 19.5 Å². The molecule has 5 heteroatoms. The minimum atomic E-state index is 0.594. The summed E-state index contributed by atoms with van der Waals surface area (Å²) in [6, 6.07) is 32.3. The zero-order valence-electron chi connectivity index (χ0n) is 27.2. The molecule has 48 heavy (non-hydrogen) atoms. The van der Waals surface area contributed by atoms with Crippen molar-refractivity contribution in [3.8, 4) is 17.3 Å². The zero-order chi connectivity index (χ0) is 32.8. The Morgan fingerprint density at radius 2 is 1.50 bits per heavy atom. The van der Waals surface area contributed by atoms with E-state index in [0.29, 0.717) is 17.6 Å². The van der Waals surface area contributed by atoms with Gasteiger partial charge in [0.1, 0.15) is 0 Å². The Morgan fingerprint density at radius 1 is 0.771 bits per heavy atom. The lowest BCUT2D eigenvalue weighted by molar-refractivity contribution is 0.935. The van der Waals surface area contributed by atoms with E-state index in [2.05, 4.69) is 110 Å². The van der Waals surface area contributed by atoms with Crippen molar-refractivity contribution in [3.05, 3.63) is 145 Å². The van der Waals surface area contributed by atoms with Crippen LogP contribution < -0.4 is 0 Å². The van der Waals surface area contributed by atoms with Crippen molar-refractivity contribution < 1.29 is 0 Å². The van der Waals surface area contributed by atoms with E-state index in [1.165, 1.54) is 52.8 Å². The molecular weight excluding hydrogens is 605 g/mol. The third-order valence-electron chi connectivity index (χ3n) is 9.10. The summed E-state index contributed by atoms with van der Waals surface area (Å²) in [5.74, 6) is 1.83. The van der Waals surface area contributed by atoms with Gasteiger partial charge in [0.05, 0.1) is 15.7 Å². The van der Waals surface area contributed by atoms with Gasteiger partial charge in [-0.15, -0.1) is 11.3 Å². The largest absolute Gasteiger partial charge is 0.276 e. The van der Waals surface area contributed by atoms with Crippen LogP contribution in [0, 0.1) is 0 Å². The fourth-order valence-electron chi connectivity index (χ4n) is 7.04. The molecule has 232 valence electrons. The minimum absolute atomic E-state index is 0.594. The average Bonchev–Trinajstić information content (AvgIpc) is 3.69. The number of aromatic nitrogens is 4. The molecule has 4 nitrogen and oxygen atoms in total. The van der Waals surface area contributed by atoms with E-state index >= 15 is 0 Å². The minimum Gasteiger partial charge on any atom is -0.276 e. The third kappa shape index (κ3) is 4.62. The van der Waals surface area contributed by atoms with Gasteiger partial charge in [0.25, 0.3) is 0 Å². The predicted molar refractivity (Wildman–Crippen MR) is 207 cm³/mol. The van der Waals surface area contributed by atoms with E-state index in [0.717, 1.165) is 28.6 Å². The van der Waals surface area contributed by atoms with Gasteiger partial charge in [-0.05, 0) is 42.8 Å². The van der Waals surface area contributed by atoms with E-state index in [1.54, 1.807) is 6.08 Å². The number of nitrogens with zero attached hydrogens (tertiary/aromatic N) is 4. The van der Waals surface area contributed by atoms with E-state index in [9.17, 15) is 0 Å². The van der Waals surface area contributed by atoms with Crippen LogP contribution in [0.1, 0.15) is 37.7 Å². The Kier molecular flexibility index (Phi) is 7.54. The number of hydrogen-bond donors (Lipinski definition) is 0. The van der Waals surface area contributed by atoms with E-state index in [4.69, 9.17) is 15.0 Å². The quantitative estimate of drug-likeness (QED) is 0.163. The highest BCUT2D eigenvalue weighted by atomic mass is 32.1. The molecule has 0 bridgehead atoms. The van der Waals surface area contributed by atoms with Crippen LogP contribution in [0.4, 0.5) is 0 Å². The lowest BCUT2D eigenvalue weighted by atomic mass is 9.92. The monoisotopic (exact) mass is 638 g/mol. The first-order valence-electron chi connectivity index (χ1n) is 16.4. The number of aryl methyl sites for hydroxylation is 1. The smallest absolute Gasteiger partial charge is 0.238 e. The Morgan fingerprint density at radius 3 is 2.25 bits per heavy atom. The van der Waals surface area contributed by atoms with Crippen LogP contribution in [0.2, 0.25) is 0 Å². The summed E-state index contributed by atoms with van der Waals surface area (Å²) in [7, 11) is 0. The van der Waals surface area contributed by atoms with Gasteiger partial charge in [0.15, 0.2) is 11.6 Å². The molecule has 0 saturated carbocycles. The second-order valence-corrected chi connectivity index (χ2v) is 12.8. The van der Waals surface area contributed by atoms with E-state index < -0.39 is 0 Å². The molecule has 0 saturated heterocycles. The van der Waals surface area contributed by atoms with E-state index in [1.807, 2.05) is 54.7 Å². The molecule has 0 unspecified atom stereocenters. The van der Waals surface area contributed by atoms with Crippen LogP contribution in [0.3, 0.4) is 0 Å². The maximum absolute atomic E-state index is 5.29. The molecule has 5 aromatic carbocycles. The normalized spacial score (nSPS) is 12.6. The number of hydrogen-bond acceptors (Lipinski definition) is 4. The maximum Gasteiger partial charge on any atom is 0.238 e. The molecule has 0 atom stereocenters. The van der Waals surface area contributed by atoms with Crippen LogP contribution in [0.25, 0.3) is 81.7 Å². The van der Waals surface area contributed by atoms with Gasteiger partial charge >= 0.3 is 0 Å². The number of benzene rings is 5. The summed E-state index contributed by atoms with van der Waals surface area (Å²) >= 11 is 1.83. The van der Waals surface area contributed by atoms with Crippen molar-refractivity contribution in [2.24, 2.45) is 0 Å². The van der Waals surface area contributed by atoms with Gasteiger partial charge in [0, 0.05) is 42.8 Å². The van der Waals surface area contributed by atoms with Gasteiger partial charge in [-0.2, -0.15) is 9.97 Å². The topological polar surface area (TPSA) is 43.6 Å². The molecule has 0 N–H and O–H groups in total. The standard InChI is InChI=1S/C43H34N4S/c1-5-9-18-27(7-3)41-44-42(28-19-11-10-12-20-28)46-43(45-41)47-38-33-23-14-13-21-30(33)29(8-4)32(17-6-2)37(38)35-26-25-34-31-22-15-16-24-36(31)48-40(34)39(35)47/h5-7,9-26H,1,8H2,2-4H3/b17-6-,18-9-,27-7+. The highest BCUT2D eigenvalue weighted by molar-refractivity contribution is 7.26. The van der Waals surface area contributed by atoms with Gasteiger partial charge in [-0.3, -0.25) is 4.57 Å². The number of thiophene rings is 1. The number of rotatable bonds is 7. The van der Waals surface area contributed by atoms with Crippen LogP contribution in [-0.2, 0) is 6.42 Å². The van der Waals surface area contributed by atoms with Crippen molar-refractivity contribution in [1.29, 1.82) is 0 Å². The fraction of sp³-hybridized carbons (Fsp3) is 0.0930. The second-order valence-electron chi connectivity index (χ2n) is 11.8. The highest BCUT2D eigenvalue weighted by Gasteiger charge is 2.25. The van der Waals surface area contributed by atoms with Crippen molar-refractivity contribution in [3.63, 3.8) is 0 Å². The molecule has 0 spiro atoms. The second kappa shape index (κ2) is 12.2. The molecule has 0 radical (unpaired) electrons. The first-order valence-corrected chi connectivity index (χ1v) is 17.2. The Labute approximate surface area is 283 Å². The zero-order valence-corrected chi connectivity index (χ0v) is 28.1. The van der Waals surface area contributed by atoms with Gasteiger partial charge in [-0.25, -0.2) is 4.98 Å². The van der Waals surface area contributed by atoms with E-state index in [-0.39, 0.29) is 0 Å². The maximum atomic E-state index is 5.29. The third-order valence-corrected chi connectivity index (χ3v) is 10.3. The van der Waals surface area contributed by atoms with Crippen LogP contribution >= 0.6 is 11.3 Å². The molecule has 0 aliphatic rings. The van der Waals surface area contributed by atoms with Crippen molar-refractivity contribution in [2.75, 3.05) is 0 Å². The number of allylic oxidation sites excluding steroid dienone is 6. The Bertz CT molecular complexity index is 2630. The summed E-state index contributed by atoms with van der Waals surface area (Å²) in [6.07, 6.45) is 13.1. The lowest BCUT2D eigenvalue weighted by Crippen LogP contribution is -2.08. The predicted octanol–water partition coefficient (Wildman–Crippen LogP) is 11.9. The first-order chi connectivity index (χ1) is 23.7. The van der Waals surface area contributed by atoms with Crippen molar-refractivity contribution in [1.82, 2.24) is 19.5 Å². The van der Waals surface area contributed by atoms with Crippen molar-refractivity contribution in [2.45, 2.75) is 27.2 Å². The summed E-state index contributed by atoms with van der Waals surface area (Å²) in [5.41, 5.74) is 6.66. The fourth-order valence-corrected chi connectivity index (χ4v) is 8.28. The van der Waals surface area contributed by atoms with Crippen LogP contribution in [0.15, 0.2) is 128 Å².